The van der Waals surface area contributed by atoms with Gasteiger partial charge in [0, 0.05) is 7.11 Å². The number of benzene rings is 2. The average Bonchev–Trinajstić information content (AvgIpc) is 2.56. The van der Waals surface area contributed by atoms with Crippen LogP contribution in [-0.2, 0) is 14.9 Å². The van der Waals surface area contributed by atoms with Crippen LogP contribution in [-0.4, -0.2) is 26.2 Å². The quantitative estimate of drug-likeness (QED) is 0.719. The van der Waals surface area contributed by atoms with Crippen LogP contribution in [0.2, 0.25) is 5.02 Å². The lowest BCUT2D eigenvalue weighted by Gasteiger charge is -2.40. The normalized spacial score (nSPS) is 15.2. The molecule has 0 heterocycles. The maximum atomic E-state index is 13.7. The van der Waals surface area contributed by atoms with Gasteiger partial charge in [0.2, 0.25) is 5.91 Å². The van der Waals surface area contributed by atoms with Gasteiger partial charge in [0.25, 0.3) is 0 Å². The lowest BCUT2D eigenvalue weighted by Crippen LogP contribution is -2.46. The van der Waals surface area contributed by atoms with Crippen molar-refractivity contribution in [1.29, 1.82) is 0 Å². The van der Waals surface area contributed by atoms with E-state index >= 15 is 0 Å². The molecule has 1 aliphatic carbocycles. The minimum Gasteiger partial charge on any atom is -0.487 e. The molecule has 1 saturated carbocycles. The maximum absolute atomic E-state index is 13.7. The number of ether oxygens (including phenoxy) is 2. The molecular weight excluding hydrogens is 357 g/mol. The second-order valence-electron chi connectivity index (χ2n) is 6.36. The highest BCUT2D eigenvalue weighted by Crippen LogP contribution is 2.45. The van der Waals surface area contributed by atoms with E-state index in [9.17, 15) is 9.18 Å². The van der Waals surface area contributed by atoms with Gasteiger partial charge in [-0.2, -0.15) is 0 Å². The van der Waals surface area contributed by atoms with Crippen LogP contribution < -0.4 is 10.1 Å². The van der Waals surface area contributed by atoms with Gasteiger partial charge in [-0.25, -0.2) is 4.39 Å². The van der Waals surface area contributed by atoms with E-state index in [-0.39, 0.29) is 11.7 Å². The Kier molecular flexibility index (Phi) is 5.79. The monoisotopic (exact) mass is 377 g/mol. The molecule has 0 radical (unpaired) electrons. The Bertz CT molecular complexity index is 792. The number of para-hydroxylation sites is 1. The maximum Gasteiger partial charge on any atom is 0.235 e. The van der Waals surface area contributed by atoms with Crippen LogP contribution in [0.25, 0.3) is 0 Å². The smallest absolute Gasteiger partial charge is 0.235 e. The zero-order valence-corrected chi connectivity index (χ0v) is 15.3. The minimum absolute atomic E-state index is 0.173. The molecule has 0 unspecified atom stereocenters. The summed E-state index contributed by atoms with van der Waals surface area (Å²) in [5.74, 6) is -0.102. The Morgan fingerprint density at radius 2 is 2.00 bits per heavy atom. The van der Waals surface area contributed by atoms with Crippen molar-refractivity contribution < 1.29 is 18.7 Å². The summed E-state index contributed by atoms with van der Waals surface area (Å²) < 4.78 is 24.3. The number of nitrogens with one attached hydrogen (secondary N) is 1. The molecule has 2 aromatic carbocycles. The van der Waals surface area contributed by atoms with Gasteiger partial charge in [0.05, 0.1) is 22.7 Å². The third-order valence-electron chi connectivity index (χ3n) is 4.77. The SMILES string of the molecule is COCCOc1c(Cl)cccc1NC(=O)C1(c2cccc(F)c2)CCC1. The van der Waals surface area contributed by atoms with Crippen LogP contribution in [0.5, 0.6) is 5.75 Å². The van der Waals surface area contributed by atoms with Crippen molar-refractivity contribution in [2.24, 2.45) is 0 Å². The van der Waals surface area contributed by atoms with Crippen LogP contribution in [0.4, 0.5) is 10.1 Å². The van der Waals surface area contributed by atoms with Crippen molar-refractivity contribution in [2.75, 3.05) is 25.6 Å². The first-order valence-corrected chi connectivity index (χ1v) is 8.92. The molecule has 1 fully saturated rings. The van der Waals surface area contributed by atoms with Crippen LogP contribution in [0.1, 0.15) is 24.8 Å². The van der Waals surface area contributed by atoms with Gasteiger partial charge < -0.3 is 14.8 Å². The fraction of sp³-hybridized carbons (Fsp3) is 0.350. The van der Waals surface area contributed by atoms with Crippen LogP contribution in [0.3, 0.4) is 0 Å². The third kappa shape index (κ3) is 3.69. The van der Waals surface area contributed by atoms with Crippen LogP contribution >= 0.6 is 11.6 Å². The van der Waals surface area contributed by atoms with Crippen molar-refractivity contribution in [3.8, 4) is 5.75 Å². The van der Waals surface area contributed by atoms with E-state index in [1.54, 1.807) is 37.4 Å². The molecule has 138 valence electrons. The van der Waals surface area contributed by atoms with E-state index in [4.69, 9.17) is 21.1 Å². The van der Waals surface area contributed by atoms with E-state index in [0.29, 0.717) is 48.1 Å². The molecule has 0 aromatic heterocycles. The van der Waals surface area contributed by atoms with Gasteiger partial charge in [-0.05, 0) is 42.7 Å². The predicted octanol–water partition coefficient (Wildman–Crippen LogP) is 4.56. The highest BCUT2D eigenvalue weighted by atomic mass is 35.5. The van der Waals surface area contributed by atoms with E-state index in [0.717, 1.165) is 6.42 Å². The Morgan fingerprint density at radius 3 is 2.65 bits per heavy atom. The summed E-state index contributed by atoms with van der Waals surface area (Å²) in [4.78, 5) is 13.1. The molecule has 0 spiro atoms. The molecule has 26 heavy (non-hydrogen) atoms. The molecule has 0 saturated heterocycles. The number of anilines is 1. The zero-order valence-electron chi connectivity index (χ0n) is 14.6. The predicted molar refractivity (Wildman–Crippen MR) is 99.4 cm³/mol. The number of rotatable bonds is 7. The van der Waals surface area contributed by atoms with Crippen molar-refractivity contribution in [3.63, 3.8) is 0 Å². The van der Waals surface area contributed by atoms with Gasteiger partial charge in [0.15, 0.2) is 5.75 Å². The largest absolute Gasteiger partial charge is 0.487 e. The second-order valence-corrected chi connectivity index (χ2v) is 6.77. The number of methoxy groups -OCH3 is 1. The number of amides is 1. The molecule has 0 atom stereocenters. The van der Waals surface area contributed by atoms with E-state index in [1.807, 2.05) is 0 Å². The first kappa shape index (κ1) is 18.7. The summed E-state index contributed by atoms with van der Waals surface area (Å²) >= 11 is 6.22. The number of hydrogen-bond acceptors (Lipinski definition) is 3. The molecule has 0 aliphatic heterocycles. The summed E-state index contributed by atoms with van der Waals surface area (Å²) in [5.41, 5.74) is 0.486. The van der Waals surface area contributed by atoms with Crippen molar-refractivity contribution in [1.82, 2.24) is 0 Å². The average molecular weight is 378 g/mol. The highest BCUT2D eigenvalue weighted by molar-refractivity contribution is 6.32. The minimum atomic E-state index is -0.714. The van der Waals surface area contributed by atoms with E-state index in [2.05, 4.69) is 5.32 Å². The van der Waals surface area contributed by atoms with Crippen LogP contribution in [0, 0.1) is 5.82 Å². The Morgan fingerprint density at radius 1 is 1.23 bits per heavy atom. The number of halogens is 2. The van der Waals surface area contributed by atoms with Crippen molar-refractivity contribution >= 4 is 23.2 Å². The number of carbonyl (C=O) groups is 1. The van der Waals surface area contributed by atoms with E-state index < -0.39 is 5.41 Å². The summed E-state index contributed by atoms with van der Waals surface area (Å²) in [6, 6.07) is 11.4. The Labute approximate surface area is 157 Å². The zero-order chi connectivity index (χ0) is 18.6. The molecule has 1 N–H and O–H groups in total. The third-order valence-corrected chi connectivity index (χ3v) is 5.07. The van der Waals surface area contributed by atoms with Crippen molar-refractivity contribution in [2.45, 2.75) is 24.7 Å². The molecular formula is C20H21ClFNO3. The van der Waals surface area contributed by atoms with Gasteiger partial charge in [0.1, 0.15) is 12.4 Å². The van der Waals surface area contributed by atoms with Gasteiger partial charge >= 0.3 is 0 Å². The first-order chi connectivity index (χ1) is 12.6. The Hall–Kier alpha value is -2.11. The van der Waals surface area contributed by atoms with Crippen LogP contribution in [0.15, 0.2) is 42.5 Å². The summed E-state index contributed by atoms with van der Waals surface area (Å²) in [7, 11) is 1.58. The second kappa shape index (κ2) is 8.06. The molecule has 3 rings (SSSR count). The lowest BCUT2D eigenvalue weighted by atomic mass is 9.63. The lowest BCUT2D eigenvalue weighted by molar-refractivity contribution is -0.124. The molecule has 1 amide bonds. The summed E-state index contributed by atoms with van der Waals surface area (Å²) in [6.45, 7) is 0.726. The fourth-order valence-electron chi connectivity index (χ4n) is 3.19. The summed E-state index contributed by atoms with van der Waals surface area (Å²) in [6.07, 6.45) is 2.29. The van der Waals surface area contributed by atoms with E-state index in [1.165, 1.54) is 12.1 Å². The Balaban J connectivity index is 1.84. The molecule has 4 nitrogen and oxygen atoms in total. The molecule has 1 aliphatic rings. The standard InChI is InChI=1S/C20H21ClFNO3/c1-25-11-12-26-18-16(21)7-3-8-17(18)23-19(24)20(9-4-10-20)14-5-2-6-15(22)13-14/h2-3,5-8,13H,4,9-12H2,1H3,(H,23,24). The fourth-order valence-corrected chi connectivity index (χ4v) is 3.42. The van der Waals surface area contributed by atoms with Gasteiger partial charge in [-0.1, -0.05) is 36.2 Å². The molecule has 6 heteroatoms. The molecule has 2 aromatic rings. The highest BCUT2D eigenvalue weighted by Gasteiger charge is 2.46. The summed E-state index contributed by atoms with van der Waals surface area (Å²) in [5, 5.41) is 3.34. The topological polar surface area (TPSA) is 47.6 Å². The van der Waals surface area contributed by atoms with Gasteiger partial charge in [-0.3, -0.25) is 4.79 Å². The van der Waals surface area contributed by atoms with Crippen molar-refractivity contribution in [3.05, 3.63) is 58.9 Å². The van der Waals surface area contributed by atoms with Gasteiger partial charge in [-0.15, -0.1) is 0 Å². The first-order valence-electron chi connectivity index (χ1n) is 8.54. The number of hydrogen-bond donors (Lipinski definition) is 1. The number of carbonyl (C=O) groups excluding carboxylic acids is 1. The molecule has 0 bridgehead atoms.